The zero-order valence-corrected chi connectivity index (χ0v) is 49.4. The summed E-state index contributed by atoms with van der Waals surface area (Å²) in [5.41, 5.74) is -5.02. The zero-order valence-electron chi connectivity index (χ0n) is 43.6. The lowest BCUT2D eigenvalue weighted by Gasteiger charge is -2.13. The fourth-order valence-electron chi connectivity index (χ4n) is 7.80. The number of nitrogens with zero attached hydrogens (tertiary/aromatic N) is 12. The molecule has 8 aromatic rings. The average molecular weight is 1420 g/mol. The number of carbonyl (C=O) groups is 1. The van der Waals surface area contributed by atoms with E-state index in [0.29, 0.717) is 28.9 Å². The molecule has 0 spiro atoms. The summed E-state index contributed by atoms with van der Waals surface area (Å²) in [5.74, 6) is -4.60. The first-order valence-corrected chi connectivity index (χ1v) is 32.4. The van der Waals surface area contributed by atoms with E-state index in [0.717, 1.165) is 54.6 Å². The van der Waals surface area contributed by atoms with Crippen LogP contribution in [0.5, 0.6) is 23.3 Å². The number of rotatable bonds is 19. The molecule has 482 valence electrons. The summed E-state index contributed by atoms with van der Waals surface area (Å²) in [6.45, 7) is -0.257. The van der Waals surface area contributed by atoms with Crippen LogP contribution in [-0.4, -0.2) is 132 Å². The summed E-state index contributed by atoms with van der Waals surface area (Å²) in [7, 11) is -35.7. The van der Waals surface area contributed by atoms with Gasteiger partial charge in [0.15, 0.2) is 17.2 Å². The van der Waals surface area contributed by atoms with E-state index in [9.17, 15) is 118 Å². The minimum absolute atomic E-state index is 0.215. The summed E-state index contributed by atoms with van der Waals surface area (Å²) < 4.78 is 241. The van der Waals surface area contributed by atoms with Crippen LogP contribution in [0.1, 0.15) is 0 Å². The summed E-state index contributed by atoms with van der Waals surface area (Å²) in [6, 6.07) is 10.0. The maximum Gasteiger partial charge on any atom is 0.425 e. The summed E-state index contributed by atoms with van der Waals surface area (Å²) in [4.78, 5) is 25.1. The van der Waals surface area contributed by atoms with Crippen molar-refractivity contribution in [3.63, 3.8) is 0 Å². The van der Waals surface area contributed by atoms with Gasteiger partial charge in [-0.2, -0.15) is 60.3 Å². The number of carbonyl (C=O) groups excluding carboxylic acids is 1. The van der Waals surface area contributed by atoms with Crippen molar-refractivity contribution in [2.24, 2.45) is 40.9 Å². The maximum absolute atomic E-state index is 13.1. The van der Waals surface area contributed by atoms with Gasteiger partial charge in [0, 0.05) is 34.4 Å². The number of ether oxygens (including phenoxy) is 1. The van der Waals surface area contributed by atoms with Crippen molar-refractivity contribution in [2.45, 2.75) is 29.4 Å². The summed E-state index contributed by atoms with van der Waals surface area (Å²) >= 11 is 0. The van der Waals surface area contributed by atoms with E-state index in [1.807, 2.05) is 0 Å². The van der Waals surface area contributed by atoms with Gasteiger partial charge in [-0.1, -0.05) is 6.07 Å². The first kappa shape index (κ1) is 68.7. The molecule has 92 heavy (non-hydrogen) atoms. The molecular formula is C42H27N13O30S7. The Labute approximate surface area is 510 Å². The fourth-order valence-corrected chi connectivity index (χ4v) is 11.8. The van der Waals surface area contributed by atoms with Crippen LogP contribution >= 0.6 is 0 Å². The van der Waals surface area contributed by atoms with E-state index < -0.39 is 218 Å². The molecule has 0 fully saturated rings. The highest BCUT2D eigenvalue weighted by molar-refractivity contribution is 7.87. The van der Waals surface area contributed by atoms with Crippen LogP contribution in [0.3, 0.4) is 0 Å². The van der Waals surface area contributed by atoms with Gasteiger partial charge in [0.05, 0.1) is 37.2 Å². The average Bonchev–Trinajstić information content (AvgIpc) is 0.918. The molecule has 0 amide bonds. The molecule has 0 unspecified atom stereocenters. The number of nitro benzene ring substituents is 2. The molecule has 50 heteroatoms. The van der Waals surface area contributed by atoms with Crippen molar-refractivity contribution in [3.05, 3.63) is 111 Å². The van der Waals surface area contributed by atoms with Crippen LogP contribution in [-0.2, 0) is 76.1 Å². The van der Waals surface area contributed by atoms with Crippen LogP contribution in [0.2, 0.25) is 0 Å². The number of benzene rings is 7. The standard InChI is InChI=1S/C42H27N13O27S6.O3S/c43-34-27(15-29(84(67,68)69)22-7-9-25(39(58)33(22)34)46-45-24-8-3-19(54(60)61)13-30(24)85(70,71)72)48-47-26-10-6-21-23(40(26)88(79,80)81)14-32(87(76,77)78)36(38(21)57)50-44-17-11-28(55(62)63)35(31(12-17)86(73,74)75)49-51-37-41(82-16-56)52-53(42(37)59)18-1-4-20(5-2-18)83(64,65)66;1-4(2)3/h1-16,57-59H,43H2,(H,64,65,66)(H,67,68,69)(H,70,71,72)(H,73,74,75)(H,76,77,78)(H,79,80,81);. The number of aromatic hydroxyl groups is 3. The van der Waals surface area contributed by atoms with Gasteiger partial charge in [-0.05, 0) is 66.7 Å². The molecule has 0 saturated carbocycles. The number of nitrogen functional groups attached to an aromatic ring is 1. The van der Waals surface area contributed by atoms with Gasteiger partial charge in [0.1, 0.15) is 52.9 Å². The van der Waals surface area contributed by atoms with Crippen LogP contribution in [0, 0.1) is 20.2 Å². The normalized spacial score (nSPS) is 12.7. The number of anilines is 1. The van der Waals surface area contributed by atoms with Gasteiger partial charge in [0.25, 0.3) is 84.4 Å². The third-order valence-corrected chi connectivity index (χ3v) is 16.9. The summed E-state index contributed by atoms with van der Waals surface area (Å²) in [5, 5.41) is 86.3. The Morgan fingerprint density at radius 2 is 1.02 bits per heavy atom. The minimum Gasteiger partial charge on any atom is -0.505 e. The van der Waals surface area contributed by atoms with Gasteiger partial charge in [-0.25, -0.2) is 0 Å². The Morgan fingerprint density at radius 3 is 1.57 bits per heavy atom. The van der Waals surface area contributed by atoms with Crippen LogP contribution < -0.4 is 10.5 Å². The molecule has 1 aromatic heterocycles. The van der Waals surface area contributed by atoms with Crippen molar-refractivity contribution in [1.82, 2.24) is 9.78 Å². The number of fused-ring (bicyclic) bond motifs is 2. The molecule has 8 rings (SSSR count). The molecule has 0 saturated heterocycles. The molecule has 0 atom stereocenters. The Kier molecular flexibility index (Phi) is 18.9. The lowest BCUT2D eigenvalue weighted by molar-refractivity contribution is -0.385. The zero-order chi connectivity index (χ0) is 68.7. The van der Waals surface area contributed by atoms with Crippen molar-refractivity contribution < 1.29 is 125 Å². The lowest BCUT2D eigenvalue weighted by atomic mass is 10.1. The Bertz CT molecular complexity index is 5510. The molecule has 0 bridgehead atoms. The molecule has 0 aliphatic heterocycles. The molecule has 7 aromatic carbocycles. The third-order valence-electron chi connectivity index (χ3n) is 11.5. The fraction of sp³-hybridized carbons (Fsp3) is 0. The topological polar surface area (TPSA) is 693 Å². The van der Waals surface area contributed by atoms with Gasteiger partial charge in [-0.15, -0.1) is 53.5 Å². The Morgan fingerprint density at radius 1 is 0.511 bits per heavy atom. The van der Waals surface area contributed by atoms with Crippen molar-refractivity contribution >= 4 is 162 Å². The van der Waals surface area contributed by atoms with Crippen molar-refractivity contribution in [1.29, 1.82) is 0 Å². The number of phenolic OH excluding ortho intramolecular Hbond substituents is 2. The van der Waals surface area contributed by atoms with E-state index in [-0.39, 0.29) is 24.3 Å². The van der Waals surface area contributed by atoms with Crippen LogP contribution in [0.25, 0.3) is 27.2 Å². The number of phenols is 2. The number of hydrogen-bond donors (Lipinski definition) is 10. The highest BCUT2D eigenvalue weighted by Gasteiger charge is 2.32. The molecule has 11 N–H and O–H groups in total. The Hall–Kier alpha value is -10.8. The third kappa shape index (κ3) is 14.8. The van der Waals surface area contributed by atoms with E-state index in [4.69, 9.17) is 18.4 Å². The second-order valence-corrected chi connectivity index (χ2v) is 25.9. The van der Waals surface area contributed by atoms with Gasteiger partial charge in [0.2, 0.25) is 11.6 Å². The molecular weight excluding hydrogens is 1390 g/mol. The predicted octanol–water partition coefficient (Wildman–Crippen LogP) is 6.37. The van der Waals surface area contributed by atoms with Crippen LogP contribution in [0.4, 0.5) is 62.6 Å². The SMILES string of the molecule is Nc1c(N=Nc2ccc3c(O)c(N=Nc4cc([N+](=O)[O-])c(N=Nc5c(OC=O)nn(-c6ccc(S(=O)(=O)O)cc6)c5O)c(S(=O)(=O)O)c4)c(S(=O)(=O)O)cc3c2S(=O)(=O)O)cc(S(=O)(=O)O)c2ccc(N=Nc3ccc([N+](=O)[O-])cc3S(=O)(=O)O)c(O)c12.O=S(=O)=O. The highest BCUT2D eigenvalue weighted by atomic mass is 32.2. The number of nitro groups is 2. The van der Waals surface area contributed by atoms with E-state index in [1.54, 1.807) is 0 Å². The van der Waals surface area contributed by atoms with Gasteiger partial charge in [-0.3, -0.25) is 52.3 Å². The lowest BCUT2D eigenvalue weighted by Crippen LogP contribution is -2.03. The van der Waals surface area contributed by atoms with Crippen molar-refractivity contribution in [2.75, 3.05) is 5.73 Å². The number of hydrogen-bond acceptors (Lipinski definition) is 34. The van der Waals surface area contributed by atoms with Gasteiger partial charge >= 0.3 is 10.6 Å². The molecule has 1 heterocycles. The predicted molar refractivity (Wildman–Crippen MR) is 299 cm³/mol. The maximum atomic E-state index is 13.1. The number of aromatic nitrogens is 2. The van der Waals surface area contributed by atoms with E-state index in [2.05, 4.69) is 50.7 Å². The second-order valence-electron chi connectivity index (χ2n) is 17.2. The first-order valence-electron chi connectivity index (χ1n) is 22.8. The first-order chi connectivity index (χ1) is 42.4. The monoisotopic (exact) mass is 1420 g/mol. The highest BCUT2D eigenvalue weighted by Crippen LogP contribution is 2.49. The summed E-state index contributed by atoms with van der Waals surface area (Å²) in [6.07, 6.45) is 0. The number of non-ortho nitro benzene ring substituents is 1. The molecule has 0 aliphatic carbocycles. The largest absolute Gasteiger partial charge is 0.505 e. The van der Waals surface area contributed by atoms with E-state index >= 15 is 0 Å². The number of azo groups is 4. The smallest absolute Gasteiger partial charge is 0.425 e. The molecule has 43 nitrogen and oxygen atoms in total. The molecule has 0 radical (unpaired) electrons. The molecule has 0 aliphatic rings. The van der Waals surface area contributed by atoms with Crippen molar-refractivity contribution in [3.8, 4) is 28.9 Å². The quantitative estimate of drug-likeness (QED) is 0.0105. The van der Waals surface area contributed by atoms with Gasteiger partial charge < -0.3 is 25.8 Å². The van der Waals surface area contributed by atoms with Crippen LogP contribution in [0.15, 0.2) is 161 Å². The minimum atomic E-state index is -5.80. The second kappa shape index (κ2) is 25.2. The van der Waals surface area contributed by atoms with E-state index in [1.165, 1.54) is 0 Å². The number of nitrogens with two attached hydrogens (primary N) is 1. The Balaban J connectivity index is 0.00000291.